The molecule has 0 fully saturated rings. The lowest BCUT2D eigenvalue weighted by Gasteiger charge is -2.29. The van der Waals surface area contributed by atoms with Gasteiger partial charge in [0.25, 0.3) is 0 Å². The predicted molar refractivity (Wildman–Crippen MR) is 227 cm³/mol. The van der Waals surface area contributed by atoms with Gasteiger partial charge < -0.3 is 47.5 Å². The molecule has 3 rings (SSSR count). The summed E-state index contributed by atoms with van der Waals surface area (Å²) < 4.78 is 0. The number of amides is 5. The number of para-hydroxylation sites is 1. The molecule has 1 aromatic heterocycles. The molecule has 0 radical (unpaired) electrons. The van der Waals surface area contributed by atoms with Crippen LogP contribution in [0.25, 0.3) is 10.9 Å². The maximum atomic E-state index is 14.5. The summed E-state index contributed by atoms with van der Waals surface area (Å²) in [5.74, 6) is -4.70. The Morgan fingerprint density at radius 2 is 1.14 bits per heavy atom. The number of nitrogens with two attached hydrogens (primary N) is 1. The quantitative estimate of drug-likeness (QED) is 0.0677. The summed E-state index contributed by atoms with van der Waals surface area (Å²) in [4.78, 5) is 84.9. The Morgan fingerprint density at radius 1 is 0.627 bits per heavy atom. The van der Waals surface area contributed by atoms with Gasteiger partial charge in [0, 0.05) is 29.9 Å². The van der Waals surface area contributed by atoms with E-state index in [2.05, 4.69) is 31.6 Å². The number of aromatic amines is 1. The van der Waals surface area contributed by atoms with Crippen LogP contribution in [0.3, 0.4) is 0 Å². The third kappa shape index (κ3) is 15.0. The van der Waals surface area contributed by atoms with Crippen LogP contribution in [0.1, 0.15) is 92.2 Å². The molecule has 0 saturated heterocycles. The van der Waals surface area contributed by atoms with Crippen LogP contribution in [0.15, 0.2) is 54.7 Å². The number of aromatic nitrogens is 1. The molecule has 3 aromatic rings. The fraction of sp³-hybridized carbons (Fsp3) is 0.545. The fourth-order valence-corrected chi connectivity index (χ4v) is 6.86. The maximum Gasteiger partial charge on any atom is 0.326 e. The lowest BCUT2D eigenvalue weighted by Crippen LogP contribution is -2.61. The van der Waals surface area contributed by atoms with Gasteiger partial charge in [-0.25, -0.2) is 4.79 Å². The molecule has 0 aliphatic heterocycles. The minimum Gasteiger partial charge on any atom is -0.508 e. The van der Waals surface area contributed by atoms with Crippen molar-refractivity contribution in [2.45, 2.75) is 130 Å². The molecule has 7 atom stereocenters. The predicted octanol–water partition coefficient (Wildman–Crippen LogP) is 3.68. The number of carboxylic acid groups (broad SMARTS) is 1. The minimum absolute atomic E-state index is 0.00328. The molecular formula is C44H65N7O8. The van der Waals surface area contributed by atoms with Crippen LogP contribution in [-0.4, -0.2) is 87.0 Å². The first-order valence-electron chi connectivity index (χ1n) is 20.6. The number of rotatable bonds is 23. The number of phenolic OH excluding ortho intramolecular Hbond substituents is 1. The van der Waals surface area contributed by atoms with E-state index in [-0.39, 0.29) is 55.1 Å². The molecule has 59 heavy (non-hydrogen) atoms. The van der Waals surface area contributed by atoms with Crippen LogP contribution < -0.4 is 32.3 Å². The van der Waals surface area contributed by atoms with Crippen LogP contribution in [-0.2, 0) is 41.6 Å². The van der Waals surface area contributed by atoms with Crippen LogP contribution in [0.5, 0.6) is 5.75 Å². The Kier molecular flexibility index (Phi) is 18.4. The van der Waals surface area contributed by atoms with E-state index >= 15 is 0 Å². The summed E-state index contributed by atoms with van der Waals surface area (Å²) in [7, 11) is 0. The molecule has 5 amide bonds. The standard InChI is InChI=1S/C44H65N7O8/c1-9-27(8)38(51-39(53)32(45)18-24(2)3)43(57)49-36(22-29-23-46-33-13-11-10-12-31(29)33)42(56)48-35(21-28-14-16-30(52)17-15-28)41(55)47-34(19-25(4)5)40(54)50-37(44(58)59)20-26(6)7/h10-17,23-27,32,34-38,46,52H,9,18-22,45H2,1-8H3,(H,47,55)(H,48,56)(H,49,57)(H,50,54)(H,51,53)(H,58,59)/t27-,32-,34-,35-,36-,37-,38-/m0/s1. The van der Waals surface area contributed by atoms with Gasteiger partial charge in [0.05, 0.1) is 6.04 Å². The summed E-state index contributed by atoms with van der Waals surface area (Å²) in [6.07, 6.45) is 2.98. The number of H-pyrrole nitrogens is 1. The number of carbonyl (C=O) groups is 6. The van der Waals surface area contributed by atoms with Gasteiger partial charge in [0.2, 0.25) is 29.5 Å². The van der Waals surface area contributed by atoms with Gasteiger partial charge in [-0.05, 0) is 72.3 Å². The van der Waals surface area contributed by atoms with Gasteiger partial charge in [0.1, 0.15) is 36.0 Å². The normalized spacial score (nSPS) is 15.1. The maximum absolute atomic E-state index is 14.5. The summed E-state index contributed by atoms with van der Waals surface area (Å²) in [6, 6.07) is 6.84. The van der Waals surface area contributed by atoms with Crippen molar-refractivity contribution in [3.8, 4) is 5.75 Å². The van der Waals surface area contributed by atoms with Crippen LogP contribution in [0, 0.1) is 23.7 Å². The van der Waals surface area contributed by atoms with Gasteiger partial charge in [-0.1, -0.05) is 92.1 Å². The van der Waals surface area contributed by atoms with Crippen LogP contribution >= 0.6 is 0 Å². The first-order valence-corrected chi connectivity index (χ1v) is 20.6. The first-order chi connectivity index (χ1) is 27.8. The van der Waals surface area contributed by atoms with E-state index in [0.717, 1.165) is 10.9 Å². The number of hydrogen-bond donors (Lipinski definition) is 9. The van der Waals surface area contributed by atoms with Crippen LogP contribution in [0.4, 0.5) is 0 Å². The molecule has 0 unspecified atom stereocenters. The van der Waals surface area contributed by atoms with Crippen molar-refractivity contribution in [1.82, 2.24) is 31.6 Å². The number of hydrogen-bond acceptors (Lipinski definition) is 8. The number of benzene rings is 2. The average Bonchev–Trinajstić information content (AvgIpc) is 3.57. The second kappa shape index (κ2) is 22.6. The van der Waals surface area contributed by atoms with Gasteiger partial charge in [-0.3, -0.25) is 24.0 Å². The smallest absolute Gasteiger partial charge is 0.326 e. The SMILES string of the molecule is CC[C@H](C)[C@H](NC(=O)[C@@H](N)CC(C)C)C(=O)N[C@@H](Cc1c[nH]c2ccccc12)C(=O)N[C@@H](Cc1ccc(O)cc1)C(=O)N[C@@H](CC(C)C)C(=O)N[C@@H](CC(C)C)C(=O)O. The number of carbonyl (C=O) groups excluding carboxylic acids is 5. The number of fused-ring (bicyclic) bond motifs is 1. The van der Waals surface area contributed by atoms with Gasteiger partial charge >= 0.3 is 5.97 Å². The first kappa shape index (κ1) is 47.9. The van der Waals surface area contributed by atoms with Gasteiger partial charge in [-0.2, -0.15) is 0 Å². The highest BCUT2D eigenvalue weighted by atomic mass is 16.4. The monoisotopic (exact) mass is 819 g/mol. The summed E-state index contributed by atoms with van der Waals surface area (Å²) in [6.45, 7) is 15.0. The van der Waals surface area contributed by atoms with E-state index in [0.29, 0.717) is 24.0 Å². The lowest BCUT2D eigenvalue weighted by molar-refractivity contribution is -0.143. The van der Waals surface area contributed by atoms with Crippen molar-refractivity contribution in [3.05, 3.63) is 65.9 Å². The summed E-state index contributed by atoms with van der Waals surface area (Å²) >= 11 is 0. The third-order valence-corrected chi connectivity index (χ3v) is 10.3. The molecule has 0 aliphatic rings. The largest absolute Gasteiger partial charge is 0.508 e. The summed E-state index contributed by atoms with van der Waals surface area (Å²) in [5, 5.41) is 34.4. The molecule has 0 aliphatic carbocycles. The van der Waals surface area contributed by atoms with E-state index in [1.54, 1.807) is 18.3 Å². The van der Waals surface area contributed by atoms with Crippen molar-refractivity contribution in [3.63, 3.8) is 0 Å². The molecular weight excluding hydrogens is 755 g/mol. The number of phenols is 1. The second-order valence-corrected chi connectivity index (χ2v) is 16.9. The van der Waals surface area contributed by atoms with E-state index in [1.165, 1.54) is 12.1 Å². The number of nitrogens with one attached hydrogen (secondary N) is 6. The Balaban J connectivity index is 2.01. The molecule has 1 heterocycles. The fourth-order valence-electron chi connectivity index (χ4n) is 6.86. The zero-order chi connectivity index (χ0) is 44.0. The highest BCUT2D eigenvalue weighted by molar-refractivity contribution is 5.97. The molecule has 15 heteroatoms. The Morgan fingerprint density at radius 3 is 1.71 bits per heavy atom. The Bertz CT molecular complexity index is 1880. The van der Waals surface area contributed by atoms with Crippen molar-refractivity contribution < 1.29 is 39.0 Å². The topological polar surface area (TPSA) is 245 Å². The van der Waals surface area contributed by atoms with Crippen molar-refractivity contribution >= 4 is 46.4 Å². The molecule has 0 saturated carbocycles. The van der Waals surface area contributed by atoms with Crippen molar-refractivity contribution in [2.75, 3.05) is 0 Å². The van der Waals surface area contributed by atoms with Crippen molar-refractivity contribution in [1.29, 1.82) is 0 Å². The van der Waals surface area contributed by atoms with E-state index < -0.39 is 71.8 Å². The third-order valence-electron chi connectivity index (χ3n) is 10.3. The molecule has 0 spiro atoms. The number of aromatic hydroxyl groups is 1. The molecule has 10 N–H and O–H groups in total. The number of carboxylic acids is 1. The number of aliphatic carboxylic acids is 1. The highest BCUT2D eigenvalue weighted by Crippen LogP contribution is 2.20. The van der Waals surface area contributed by atoms with Crippen molar-refractivity contribution in [2.24, 2.45) is 29.4 Å². The van der Waals surface area contributed by atoms with Gasteiger partial charge in [0.15, 0.2) is 0 Å². The Labute approximate surface area is 347 Å². The molecule has 15 nitrogen and oxygen atoms in total. The van der Waals surface area contributed by atoms with E-state index in [4.69, 9.17) is 5.73 Å². The lowest BCUT2D eigenvalue weighted by atomic mass is 9.96. The van der Waals surface area contributed by atoms with Gasteiger partial charge in [-0.15, -0.1) is 0 Å². The zero-order valence-corrected chi connectivity index (χ0v) is 35.6. The van der Waals surface area contributed by atoms with E-state index in [9.17, 15) is 39.0 Å². The average molecular weight is 820 g/mol. The second-order valence-electron chi connectivity index (χ2n) is 16.9. The summed E-state index contributed by atoms with van der Waals surface area (Å²) in [5.41, 5.74) is 8.28. The van der Waals surface area contributed by atoms with E-state index in [1.807, 2.05) is 79.7 Å². The highest BCUT2D eigenvalue weighted by Gasteiger charge is 2.35. The molecule has 2 aromatic carbocycles. The Hall–Kier alpha value is -5.44. The molecule has 0 bridgehead atoms. The minimum atomic E-state index is -1.29. The zero-order valence-electron chi connectivity index (χ0n) is 35.6. The molecule has 324 valence electrons. The van der Waals surface area contributed by atoms with Crippen LogP contribution in [0.2, 0.25) is 0 Å².